The summed E-state index contributed by atoms with van der Waals surface area (Å²) in [6, 6.07) is 5.71. The highest BCUT2D eigenvalue weighted by Crippen LogP contribution is 2.35. The van der Waals surface area contributed by atoms with Gasteiger partial charge in [0, 0.05) is 19.2 Å². The zero-order valence-corrected chi connectivity index (χ0v) is 20.5. The van der Waals surface area contributed by atoms with Crippen molar-refractivity contribution < 1.29 is 15.8 Å². The van der Waals surface area contributed by atoms with Crippen molar-refractivity contribution in [2.24, 2.45) is 11.8 Å². The van der Waals surface area contributed by atoms with E-state index in [1.165, 1.54) is 31.0 Å². The number of nitrogens with zero attached hydrogens (tertiary/aromatic N) is 2. The molecular weight excluding hydrogens is 432 g/mol. The second-order valence-electron chi connectivity index (χ2n) is 9.13. The smallest absolute Gasteiger partial charge is 0.169 e. The van der Waals surface area contributed by atoms with Gasteiger partial charge in [0.1, 0.15) is 22.4 Å². The number of Topliss-reactive ketones (excluding diaryl/α,β-unsaturated/α-hetero) is 2. The van der Waals surface area contributed by atoms with Crippen LogP contribution >= 0.6 is 11.8 Å². The Balaban J connectivity index is 0.00000324. The van der Waals surface area contributed by atoms with Crippen LogP contribution in [0.3, 0.4) is 0 Å². The molecule has 0 aliphatic heterocycles. The van der Waals surface area contributed by atoms with Gasteiger partial charge in [0.25, 0.3) is 0 Å². The van der Waals surface area contributed by atoms with Crippen LogP contribution in [0.5, 0.6) is 5.75 Å². The molecule has 4 rings (SSSR count). The van der Waals surface area contributed by atoms with E-state index < -0.39 is 0 Å². The number of fused-ring (bicyclic) bond motifs is 1. The SMILES string of the molecule is COc1ccc2nc(C)nc(SCC(=O)C3=CC=C([C@@H](C)C(=O)CCCC4CC4)CC3)c2c1.[HH]. The van der Waals surface area contributed by atoms with Crippen LogP contribution in [0.1, 0.15) is 59.1 Å². The fraction of sp³-hybridized carbons (Fsp3) is 0.481. The number of benzene rings is 1. The molecule has 0 amide bonds. The molecule has 0 radical (unpaired) electrons. The first-order valence-electron chi connectivity index (χ1n) is 11.9. The second kappa shape index (κ2) is 10.6. The average Bonchev–Trinajstić information content (AvgIpc) is 3.66. The zero-order chi connectivity index (χ0) is 23.4. The Bertz CT molecular complexity index is 1120. The Morgan fingerprint density at radius 1 is 1.21 bits per heavy atom. The predicted octanol–water partition coefficient (Wildman–Crippen LogP) is 6.29. The van der Waals surface area contributed by atoms with Crippen LogP contribution in [0, 0.1) is 18.8 Å². The molecule has 0 N–H and O–H groups in total. The molecular formula is C27H34N2O3S. The Hall–Kier alpha value is -2.47. The lowest BCUT2D eigenvalue weighted by Crippen LogP contribution is -2.16. The van der Waals surface area contributed by atoms with Crippen molar-refractivity contribution in [3.05, 3.63) is 47.3 Å². The minimum absolute atomic E-state index is 0. The van der Waals surface area contributed by atoms with Crippen LogP contribution < -0.4 is 4.74 Å². The molecule has 0 spiro atoms. The van der Waals surface area contributed by atoms with Crippen LogP contribution in [0.2, 0.25) is 0 Å². The van der Waals surface area contributed by atoms with Gasteiger partial charge in [0.15, 0.2) is 5.78 Å². The van der Waals surface area contributed by atoms with Crippen LogP contribution in [0.15, 0.2) is 46.5 Å². The van der Waals surface area contributed by atoms with Crippen molar-refractivity contribution in [3.8, 4) is 5.75 Å². The maximum absolute atomic E-state index is 12.9. The molecule has 2 aromatic rings. The van der Waals surface area contributed by atoms with Crippen molar-refractivity contribution in [1.82, 2.24) is 9.97 Å². The lowest BCUT2D eigenvalue weighted by molar-refractivity contribution is -0.121. The Morgan fingerprint density at radius 2 is 2.03 bits per heavy atom. The van der Waals surface area contributed by atoms with E-state index in [-0.39, 0.29) is 13.1 Å². The van der Waals surface area contributed by atoms with Gasteiger partial charge < -0.3 is 4.74 Å². The van der Waals surface area contributed by atoms with Gasteiger partial charge in [-0.3, -0.25) is 9.59 Å². The minimum atomic E-state index is -0.0446. The summed E-state index contributed by atoms with van der Waals surface area (Å²) < 4.78 is 5.34. The summed E-state index contributed by atoms with van der Waals surface area (Å²) in [6.07, 6.45) is 11.0. The number of carbonyl (C=O) groups is 2. The van der Waals surface area contributed by atoms with E-state index in [9.17, 15) is 9.59 Å². The number of methoxy groups -OCH3 is 1. The number of aromatic nitrogens is 2. The summed E-state index contributed by atoms with van der Waals surface area (Å²) in [7, 11) is 1.63. The van der Waals surface area contributed by atoms with Gasteiger partial charge in [-0.05, 0) is 55.9 Å². The Labute approximate surface area is 201 Å². The molecule has 6 heteroatoms. The van der Waals surface area contributed by atoms with Gasteiger partial charge in [0.05, 0.1) is 18.4 Å². The van der Waals surface area contributed by atoms with Crippen LogP contribution in [-0.2, 0) is 9.59 Å². The van der Waals surface area contributed by atoms with E-state index in [0.29, 0.717) is 30.2 Å². The molecule has 2 aliphatic rings. The van der Waals surface area contributed by atoms with Gasteiger partial charge in [-0.2, -0.15) is 0 Å². The maximum Gasteiger partial charge on any atom is 0.169 e. The van der Waals surface area contributed by atoms with E-state index in [4.69, 9.17) is 4.74 Å². The highest BCUT2D eigenvalue weighted by Gasteiger charge is 2.24. The molecule has 1 aromatic heterocycles. The summed E-state index contributed by atoms with van der Waals surface area (Å²) in [6.45, 7) is 3.87. The molecule has 1 aromatic carbocycles. The number of aryl methyl sites for hydroxylation is 1. The number of allylic oxidation sites excluding steroid dienone is 4. The number of carbonyl (C=O) groups excluding carboxylic acids is 2. The van der Waals surface area contributed by atoms with Crippen molar-refractivity contribution in [2.75, 3.05) is 12.9 Å². The molecule has 1 heterocycles. The first-order valence-corrected chi connectivity index (χ1v) is 12.8. The van der Waals surface area contributed by atoms with E-state index in [1.54, 1.807) is 7.11 Å². The van der Waals surface area contributed by atoms with E-state index >= 15 is 0 Å². The first kappa shape index (κ1) is 23.7. The molecule has 33 heavy (non-hydrogen) atoms. The molecule has 0 unspecified atom stereocenters. The lowest BCUT2D eigenvalue weighted by Gasteiger charge is -2.19. The molecule has 1 atom stereocenters. The molecule has 176 valence electrons. The third-order valence-corrected chi connectivity index (χ3v) is 7.62. The van der Waals surface area contributed by atoms with Gasteiger partial charge in [-0.15, -0.1) is 0 Å². The quantitative estimate of drug-likeness (QED) is 0.286. The minimum Gasteiger partial charge on any atom is -0.497 e. The van der Waals surface area contributed by atoms with Gasteiger partial charge in [-0.1, -0.05) is 55.7 Å². The first-order chi connectivity index (χ1) is 15.9. The normalized spacial score (nSPS) is 16.8. The molecule has 0 saturated heterocycles. The van der Waals surface area contributed by atoms with E-state index in [0.717, 1.165) is 51.6 Å². The van der Waals surface area contributed by atoms with Crippen LogP contribution in [-0.4, -0.2) is 34.4 Å². The van der Waals surface area contributed by atoms with Crippen molar-refractivity contribution in [1.29, 1.82) is 0 Å². The Morgan fingerprint density at radius 3 is 2.73 bits per heavy atom. The summed E-state index contributed by atoms with van der Waals surface area (Å²) in [5, 5.41) is 1.69. The number of ether oxygens (including phenoxy) is 1. The molecule has 1 fully saturated rings. The summed E-state index contributed by atoms with van der Waals surface area (Å²) in [4.78, 5) is 34.5. The Kier molecular flexibility index (Phi) is 7.63. The highest BCUT2D eigenvalue weighted by molar-refractivity contribution is 8.00. The van der Waals surface area contributed by atoms with Crippen molar-refractivity contribution >= 4 is 34.2 Å². The number of hydrogen-bond donors (Lipinski definition) is 0. The third-order valence-electron chi connectivity index (χ3n) is 6.63. The number of thioether (sulfide) groups is 1. The standard InChI is InChI=1S/C27H32N2O3S.H2/c1-17(25(30)6-4-5-19-7-8-19)20-9-11-21(12-10-20)26(31)16-33-27-23-15-22(32-3)13-14-24(23)28-18(2)29-27;/h9,11,13-15,17,19H,4-8,10,12,16H2,1-3H3;1H/t17-;/m1./s1. The van der Waals surface area contributed by atoms with Crippen LogP contribution in [0.25, 0.3) is 10.9 Å². The third kappa shape index (κ3) is 6.11. The van der Waals surface area contributed by atoms with Crippen molar-refractivity contribution in [3.63, 3.8) is 0 Å². The number of ketones is 2. The summed E-state index contributed by atoms with van der Waals surface area (Å²) in [5.41, 5.74) is 2.82. The molecule has 0 bridgehead atoms. The number of hydrogen-bond acceptors (Lipinski definition) is 6. The fourth-order valence-electron chi connectivity index (χ4n) is 4.30. The predicted molar refractivity (Wildman–Crippen MR) is 135 cm³/mol. The fourth-order valence-corrected chi connectivity index (χ4v) is 5.26. The topological polar surface area (TPSA) is 69.2 Å². The largest absolute Gasteiger partial charge is 0.497 e. The van der Waals surface area contributed by atoms with E-state index in [1.807, 2.05) is 44.2 Å². The maximum atomic E-state index is 12.9. The summed E-state index contributed by atoms with van der Waals surface area (Å²) >= 11 is 1.44. The molecule has 5 nitrogen and oxygen atoms in total. The van der Waals surface area contributed by atoms with Gasteiger partial charge in [-0.25, -0.2) is 9.97 Å². The van der Waals surface area contributed by atoms with E-state index in [2.05, 4.69) is 9.97 Å². The molecule has 2 aliphatic carbocycles. The number of rotatable bonds is 11. The second-order valence-corrected chi connectivity index (χ2v) is 10.1. The monoisotopic (exact) mass is 466 g/mol. The zero-order valence-electron chi connectivity index (χ0n) is 19.7. The summed E-state index contributed by atoms with van der Waals surface area (Å²) in [5.74, 6) is 3.04. The molecule has 1 saturated carbocycles. The van der Waals surface area contributed by atoms with Crippen LogP contribution in [0.4, 0.5) is 0 Å². The average molecular weight is 467 g/mol. The highest BCUT2D eigenvalue weighted by atomic mass is 32.2. The lowest BCUT2D eigenvalue weighted by atomic mass is 9.85. The van der Waals surface area contributed by atoms with Crippen molar-refractivity contribution in [2.45, 2.75) is 63.8 Å². The van der Waals surface area contributed by atoms with Gasteiger partial charge in [0.2, 0.25) is 0 Å². The van der Waals surface area contributed by atoms with Gasteiger partial charge >= 0.3 is 0 Å².